The molecule has 20 heavy (non-hydrogen) atoms. The predicted octanol–water partition coefficient (Wildman–Crippen LogP) is 3.22. The van der Waals surface area contributed by atoms with Crippen LogP contribution in [0.25, 0.3) is 0 Å². The average Bonchev–Trinajstić information content (AvgIpc) is 2.88. The first-order valence-electron chi connectivity index (χ1n) is 6.83. The summed E-state index contributed by atoms with van der Waals surface area (Å²) in [6.07, 6.45) is 3.22. The molecule has 1 heterocycles. The molecule has 2 amide bonds. The van der Waals surface area contributed by atoms with Crippen molar-refractivity contribution in [2.45, 2.75) is 13.3 Å². The van der Waals surface area contributed by atoms with Gasteiger partial charge in [0.2, 0.25) is 0 Å². The number of nitrogens with one attached hydrogen (secondary N) is 1. The molecule has 0 spiro atoms. The Labute approximate surface area is 124 Å². The summed E-state index contributed by atoms with van der Waals surface area (Å²) in [5, 5.41) is 2.96. The highest BCUT2D eigenvalue weighted by atomic mass is 32.2. The first-order chi connectivity index (χ1) is 9.63. The number of amides is 2. The number of nitrogens with zero attached hydrogens (tertiary/aromatic N) is 1. The standard InChI is InChI=1S/C15H22N2O2S/c1-11-8-13(4-5-14(11)19-2)16-15(18)17-7-6-12(9-17)10-20-3/h4-5,8,12H,6-7,9-10H2,1-3H3,(H,16,18). The molecule has 1 aliphatic heterocycles. The topological polar surface area (TPSA) is 41.6 Å². The van der Waals surface area contributed by atoms with Gasteiger partial charge in [-0.15, -0.1) is 0 Å². The van der Waals surface area contributed by atoms with Gasteiger partial charge in [0.1, 0.15) is 5.75 Å². The van der Waals surface area contributed by atoms with Gasteiger partial charge >= 0.3 is 6.03 Å². The SMILES string of the molecule is COc1ccc(NC(=O)N2CCC(CSC)C2)cc1C. The fourth-order valence-corrected chi connectivity index (χ4v) is 3.29. The summed E-state index contributed by atoms with van der Waals surface area (Å²) >= 11 is 1.85. The normalized spacial score (nSPS) is 18.1. The molecule has 1 fully saturated rings. The van der Waals surface area contributed by atoms with Crippen molar-refractivity contribution < 1.29 is 9.53 Å². The summed E-state index contributed by atoms with van der Waals surface area (Å²) in [5.41, 5.74) is 1.84. The molecule has 1 aromatic carbocycles. The van der Waals surface area contributed by atoms with Crippen LogP contribution in [0.3, 0.4) is 0 Å². The van der Waals surface area contributed by atoms with Crippen LogP contribution in [-0.4, -0.2) is 43.1 Å². The van der Waals surface area contributed by atoms with E-state index in [1.165, 1.54) is 0 Å². The van der Waals surface area contributed by atoms with Crippen molar-refractivity contribution in [3.63, 3.8) is 0 Å². The molecule has 1 aliphatic rings. The van der Waals surface area contributed by atoms with E-state index in [2.05, 4.69) is 11.6 Å². The number of urea groups is 1. The molecule has 4 nitrogen and oxygen atoms in total. The van der Waals surface area contributed by atoms with E-state index in [-0.39, 0.29) is 6.03 Å². The summed E-state index contributed by atoms with van der Waals surface area (Å²) in [5.74, 6) is 2.60. The van der Waals surface area contributed by atoms with E-state index < -0.39 is 0 Å². The number of likely N-dealkylation sites (tertiary alicyclic amines) is 1. The minimum absolute atomic E-state index is 0.00169. The molecule has 5 heteroatoms. The minimum Gasteiger partial charge on any atom is -0.496 e. The van der Waals surface area contributed by atoms with Crippen molar-refractivity contribution >= 4 is 23.5 Å². The van der Waals surface area contributed by atoms with Crippen LogP contribution in [0.5, 0.6) is 5.75 Å². The van der Waals surface area contributed by atoms with Crippen molar-refractivity contribution in [1.82, 2.24) is 4.90 Å². The number of methoxy groups -OCH3 is 1. The second-order valence-corrected chi connectivity index (χ2v) is 6.08. The van der Waals surface area contributed by atoms with E-state index in [1.807, 2.05) is 41.8 Å². The van der Waals surface area contributed by atoms with Crippen molar-refractivity contribution in [2.24, 2.45) is 5.92 Å². The molecule has 0 aromatic heterocycles. The van der Waals surface area contributed by atoms with Gasteiger partial charge in [-0.3, -0.25) is 0 Å². The summed E-state index contributed by atoms with van der Waals surface area (Å²) in [7, 11) is 1.65. The lowest BCUT2D eigenvalue weighted by Crippen LogP contribution is -2.33. The van der Waals surface area contributed by atoms with E-state index >= 15 is 0 Å². The zero-order valence-electron chi connectivity index (χ0n) is 12.3. The number of thioether (sulfide) groups is 1. The Bertz CT molecular complexity index is 479. The monoisotopic (exact) mass is 294 g/mol. The molecule has 0 aliphatic carbocycles. The Hall–Kier alpha value is -1.36. The van der Waals surface area contributed by atoms with Crippen LogP contribution < -0.4 is 10.1 Å². The molecule has 1 N–H and O–H groups in total. The Morgan fingerprint density at radius 1 is 1.55 bits per heavy atom. The Morgan fingerprint density at radius 3 is 3.00 bits per heavy atom. The molecule has 0 radical (unpaired) electrons. The number of carbonyl (C=O) groups is 1. The van der Waals surface area contributed by atoms with E-state index in [0.29, 0.717) is 5.92 Å². The fourth-order valence-electron chi connectivity index (χ4n) is 2.55. The van der Waals surface area contributed by atoms with Crippen LogP contribution in [0.4, 0.5) is 10.5 Å². The molecule has 1 saturated heterocycles. The third-order valence-corrected chi connectivity index (χ3v) is 4.43. The maximum absolute atomic E-state index is 12.2. The van der Waals surface area contributed by atoms with Crippen molar-refractivity contribution in [3.8, 4) is 5.75 Å². The summed E-state index contributed by atoms with van der Waals surface area (Å²) in [6, 6.07) is 5.69. The largest absolute Gasteiger partial charge is 0.496 e. The lowest BCUT2D eigenvalue weighted by Gasteiger charge is -2.18. The van der Waals surface area contributed by atoms with Gasteiger partial charge in [-0.05, 0) is 55.0 Å². The van der Waals surface area contributed by atoms with Crippen LogP contribution in [-0.2, 0) is 0 Å². The number of aryl methyl sites for hydroxylation is 1. The molecule has 1 atom stereocenters. The van der Waals surface area contributed by atoms with E-state index in [9.17, 15) is 4.79 Å². The van der Waals surface area contributed by atoms with E-state index in [0.717, 1.165) is 42.3 Å². The second kappa shape index (κ2) is 6.88. The van der Waals surface area contributed by atoms with Crippen LogP contribution in [0, 0.1) is 12.8 Å². The molecule has 0 bridgehead atoms. The van der Waals surface area contributed by atoms with Crippen molar-refractivity contribution in [2.75, 3.05) is 37.5 Å². The first-order valence-corrected chi connectivity index (χ1v) is 8.23. The van der Waals surface area contributed by atoms with E-state index in [4.69, 9.17) is 4.74 Å². The van der Waals surface area contributed by atoms with Gasteiger partial charge in [-0.25, -0.2) is 4.79 Å². The number of benzene rings is 1. The Kier molecular flexibility index (Phi) is 5.17. The third-order valence-electron chi connectivity index (χ3n) is 3.62. The minimum atomic E-state index is -0.00169. The van der Waals surface area contributed by atoms with E-state index in [1.54, 1.807) is 7.11 Å². The second-order valence-electron chi connectivity index (χ2n) is 5.17. The van der Waals surface area contributed by atoms with Gasteiger partial charge in [-0.2, -0.15) is 11.8 Å². The highest BCUT2D eigenvalue weighted by Gasteiger charge is 2.25. The quantitative estimate of drug-likeness (QED) is 0.927. The zero-order valence-corrected chi connectivity index (χ0v) is 13.1. The predicted molar refractivity (Wildman–Crippen MR) is 84.8 cm³/mol. The number of anilines is 1. The average molecular weight is 294 g/mol. The highest BCUT2D eigenvalue weighted by molar-refractivity contribution is 7.98. The Morgan fingerprint density at radius 2 is 2.35 bits per heavy atom. The number of carbonyl (C=O) groups excluding carboxylic acids is 1. The van der Waals surface area contributed by atoms with Crippen molar-refractivity contribution in [1.29, 1.82) is 0 Å². The van der Waals surface area contributed by atoms with Crippen LogP contribution in [0.2, 0.25) is 0 Å². The number of hydrogen-bond acceptors (Lipinski definition) is 3. The van der Waals surface area contributed by atoms with Gasteiger partial charge in [0.05, 0.1) is 7.11 Å². The summed E-state index contributed by atoms with van der Waals surface area (Å²) < 4.78 is 5.22. The van der Waals surface area contributed by atoms with Crippen LogP contribution in [0.1, 0.15) is 12.0 Å². The van der Waals surface area contributed by atoms with Crippen LogP contribution >= 0.6 is 11.8 Å². The maximum Gasteiger partial charge on any atom is 0.321 e. The van der Waals surface area contributed by atoms with Gasteiger partial charge in [0.25, 0.3) is 0 Å². The number of hydrogen-bond donors (Lipinski definition) is 1. The molecule has 2 rings (SSSR count). The smallest absolute Gasteiger partial charge is 0.321 e. The summed E-state index contributed by atoms with van der Waals surface area (Å²) in [4.78, 5) is 14.1. The zero-order chi connectivity index (χ0) is 14.5. The molecule has 1 aromatic rings. The lowest BCUT2D eigenvalue weighted by molar-refractivity contribution is 0.221. The van der Waals surface area contributed by atoms with Gasteiger partial charge in [0, 0.05) is 18.8 Å². The van der Waals surface area contributed by atoms with Gasteiger partial charge in [0.15, 0.2) is 0 Å². The number of rotatable bonds is 4. The lowest BCUT2D eigenvalue weighted by atomic mass is 10.2. The van der Waals surface area contributed by atoms with Crippen LogP contribution in [0.15, 0.2) is 18.2 Å². The van der Waals surface area contributed by atoms with Crippen molar-refractivity contribution in [3.05, 3.63) is 23.8 Å². The third kappa shape index (κ3) is 3.60. The molecule has 0 saturated carbocycles. The highest BCUT2D eigenvalue weighted by Crippen LogP contribution is 2.23. The molecule has 1 unspecified atom stereocenters. The molecular weight excluding hydrogens is 272 g/mol. The maximum atomic E-state index is 12.2. The fraction of sp³-hybridized carbons (Fsp3) is 0.533. The molecular formula is C15H22N2O2S. The number of ether oxygens (including phenoxy) is 1. The Balaban J connectivity index is 1.93. The van der Waals surface area contributed by atoms with Gasteiger partial charge < -0.3 is 15.0 Å². The van der Waals surface area contributed by atoms with Gasteiger partial charge in [-0.1, -0.05) is 0 Å². The molecule has 110 valence electrons. The summed E-state index contributed by atoms with van der Waals surface area (Å²) in [6.45, 7) is 3.69. The first kappa shape index (κ1) is 15.0.